The Morgan fingerprint density at radius 1 is 1.16 bits per heavy atom. The Hall–Kier alpha value is -2.67. The number of amides is 2. The van der Waals surface area contributed by atoms with Crippen LogP contribution in [0.4, 0.5) is 5.69 Å². The fourth-order valence-electron chi connectivity index (χ4n) is 2.01. The summed E-state index contributed by atoms with van der Waals surface area (Å²) in [5.74, 6) is -0.567. The van der Waals surface area contributed by atoms with Crippen LogP contribution in [0, 0.1) is 6.92 Å². The van der Waals surface area contributed by atoms with Gasteiger partial charge in [-0.2, -0.15) is 5.10 Å². The largest absolute Gasteiger partial charge is 0.507 e. The van der Waals surface area contributed by atoms with E-state index in [1.807, 2.05) is 31.2 Å². The average Bonchev–Trinajstić information content (AvgIpc) is 2.58. The fraction of sp³-hybridized carbons (Fsp3) is 0.167. The monoisotopic (exact) mass is 403 g/mol. The number of anilines is 1. The highest BCUT2D eigenvalue weighted by atomic mass is 79.9. The van der Waals surface area contributed by atoms with Crippen LogP contribution < -0.4 is 10.7 Å². The van der Waals surface area contributed by atoms with Crippen LogP contribution in [0.25, 0.3) is 0 Å². The van der Waals surface area contributed by atoms with Crippen LogP contribution in [0.1, 0.15) is 24.0 Å². The van der Waals surface area contributed by atoms with Crippen LogP contribution in [0.3, 0.4) is 0 Å². The average molecular weight is 404 g/mol. The van der Waals surface area contributed by atoms with Crippen molar-refractivity contribution in [2.24, 2.45) is 5.10 Å². The lowest BCUT2D eigenvalue weighted by molar-refractivity contribution is -0.124. The van der Waals surface area contributed by atoms with Crippen LogP contribution >= 0.6 is 15.9 Å². The number of hydrazone groups is 1. The molecule has 0 radical (unpaired) electrons. The number of para-hydroxylation sites is 1. The Bertz CT molecular complexity index is 806. The van der Waals surface area contributed by atoms with E-state index in [9.17, 15) is 14.7 Å². The lowest BCUT2D eigenvalue weighted by atomic mass is 10.2. The number of aromatic hydroxyl groups is 1. The van der Waals surface area contributed by atoms with E-state index in [0.717, 1.165) is 15.7 Å². The first kappa shape index (κ1) is 18.7. The molecule has 7 heteroatoms. The van der Waals surface area contributed by atoms with Gasteiger partial charge in [-0.3, -0.25) is 9.59 Å². The molecule has 2 aromatic rings. The molecule has 0 aromatic heterocycles. The molecule has 2 aromatic carbocycles. The number of hydrogen-bond acceptors (Lipinski definition) is 4. The summed E-state index contributed by atoms with van der Waals surface area (Å²) in [6.07, 6.45) is 1.41. The number of nitrogens with one attached hydrogen (secondary N) is 2. The van der Waals surface area contributed by atoms with E-state index in [-0.39, 0.29) is 30.4 Å². The minimum absolute atomic E-state index is 0.0134. The van der Waals surface area contributed by atoms with Gasteiger partial charge in [0.1, 0.15) is 5.75 Å². The van der Waals surface area contributed by atoms with Crippen molar-refractivity contribution in [3.63, 3.8) is 0 Å². The Morgan fingerprint density at radius 3 is 2.64 bits per heavy atom. The van der Waals surface area contributed by atoms with Gasteiger partial charge >= 0.3 is 0 Å². The molecule has 3 N–H and O–H groups in total. The van der Waals surface area contributed by atoms with Crippen LogP contribution in [0.2, 0.25) is 0 Å². The maximum Gasteiger partial charge on any atom is 0.240 e. The summed E-state index contributed by atoms with van der Waals surface area (Å²) in [5, 5.41) is 16.2. The maximum atomic E-state index is 11.9. The van der Waals surface area contributed by atoms with Gasteiger partial charge in [-0.15, -0.1) is 0 Å². The highest BCUT2D eigenvalue weighted by molar-refractivity contribution is 9.10. The zero-order chi connectivity index (χ0) is 18.2. The van der Waals surface area contributed by atoms with Gasteiger partial charge in [-0.1, -0.05) is 34.1 Å². The minimum Gasteiger partial charge on any atom is -0.507 e. The van der Waals surface area contributed by atoms with E-state index >= 15 is 0 Å². The molecule has 0 bridgehead atoms. The third kappa shape index (κ3) is 6.04. The molecule has 0 aliphatic carbocycles. The molecule has 6 nitrogen and oxygen atoms in total. The van der Waals surface area contributed by atoms with Gasteiger partial charge in [-0.25, -0.2) is 5.43 Å². The zero-order valence-corrected chi connectivity index (χ0v) is 15.2. The van der Waals surface area contributed by atoms with Gasteiger partial charge in [-0.05, 0) is 36.8 Å². The lowest BCUT2D eigenvalue weighted by Gasteiger charge is -2.07. The molecular weight excluding hydrogens is 386 g/mol. The van der Waals surface area contributed by atoms with E-state index in [0.29, 0.717) is 5.56 Å². The van der Waals surface area contributed by atoms with Gasteiger partial charge in [0.25, 0.3) is 0 Å². The number of nitrogens with zero attached hydrogens (tertiary/aromatic N) is 1. The number of phenolic OH excluding ortho intramolecular Hbond substituents is 1. The molecule has 0 fully saturated rings. The van der Waals surface area contributed by atoms with Gasteiger partial charge in [0.15, 0.2) is 0 Å². The first-order chi connectivity index (χ1) is 12.0. The summed E-state index contributed by atoms with van der Waals surface area (Å²) in [6.45, 7) is 1.90. The van der Waals surface area contributed by atoms with Gasteiger partial charge in [0.2, 0.25) is 11.8 Å². The number of carbonyl (C=O) groups excluding carboxylic acids is 2. The quantitative estimate of drug-likeness (QED) is 0.510. The Kier molecular flexibility index (Phi) is 6.71. The molecule has 0 aliphatic rings. The Balaban J connectivity index is 1.78. The highest BCUT2D eigenvalue weighted by Crippen LogP contribution is 2.19. The highest BCUT2D eigenvalue weighted by Gasteiger charge is 2.08. The van der Waals surface area contributed by atoms with Gasteiger partial charge in [0, 0.05) is 28.6 Å². The first-order valence-corrected chi connectivity index (χ1v) is 8.41. The maximum absolute atomic E-state index is 11.9. The molecule has 0 unspecified atom stereocenters. The molecule has 25 heavy (non-hydrogen) atoms. The van der Waals surface area contributed by atoms with Crippen LogP contribution in [0.15, 0.2) is 52.0 Å². The van der Waals surface area contributed by atoms with Crippen LogP contribution in [0.5, 0.6) is 5.75 Å². The SMILES string of the molecule is Cc1ccccc1NC(=O)CCC(=O)N/N=C/c1cc(Br)ccc1O. The molecule has 130 valence electrons. The van der Waals surface area contributed by atoms with Crippen molar-refractivity contribution >= 4 is 39.6 Å². The topological polar surface area (TPSA) is 90.8 Å². The van der Waals surface area contributed by atoms with Crippen molar-refractivity contribution in [1.29, 1.82) is 0 Å². The van der Waals surface area contributed by atoms with Crippen LogP contribution in [-0.2, 0) is 9.59 Å². The van der Waals surface area contributed by atoms with Crippen LogP contribution in [-0.4, -0.2) is 23.1 Å². The van der Waals surface area contributed by atoms with Crippen molar-refractivity contribution in [3.8, 4) is 5.75 Å². The van der Waals surface area contributed by atoms with E-state index in [1.165, 1.54) is 12.3 Å². The Labute approximate surface area is 154 Å². The number of rotatable bonds is 6. The second-order valence-electron chi connectivity index (χ2n) is 5.36. The molecule has 2 rings (SSSR count). The number of carbonyl (C=O) groups is 2. The van der Waals surface area contributed by atoms with E-state index in [4.69, 9.17) is 0 Å². The second-order valence-corrected chi connectivity index (χ2v) is 6.28. The molecule has 0 aliphatic heterocycles. The zero-order valence-electron chi connectivity index (χ0n) is 13.6. The fourth-order valence-corrected chi connectivity index (χ4v) is 2.39. The smallest absolute Gasteiger partial charge is 0.240 e. The number of hydrogen-bond donors (Lipinski definition) is 3. The summed E-state index contributed by atoms with van der Waals surface area (Å²) in [6, 6.07) is 12.3. The number of benzene rings is 2. The van der Waals surface area contributed by atoms with Crippen molar-refractivity contribution in [3.05, 3.63) is 58.1 Å². The summed E-state index contributed by atoms with van der Waals surface area (Å²) < 4.78 is 0.783. The molecule has 0 saturated heterocycles. The number of halogens is 1. The van der Waals surface area contributed by atoms with E-state index in [2.05, 4.69) is 31.8 Å². The van der Waals surface area contributed by atoms with E-state index < -0.39 is 0 Å². The minimum atomic E-state index is -0.384. The lowest BCUT2D eigenvalue weighted by Crippen LogP contribution is -2.20. The third-order valence-corrected chi connectivity index (χ3v) is 3.87. The summed E-state index contributed by atoms with van der Waals surface area (Å²) in [4.78, 5) is 23.6. The standard InChI is InChI=1S/C18H18BrN3O3/c1-12-4-2-3-5-15(12)21-17(24)8-9-18(25)22-20-11-13-10-14(19)6-7-16(13)23/h2-7,10-11,23H,8-9H2,1H3,(H,21,24)(H,22,25)/b20-11+. The molecular formula is C18H18BrN3O3. The predicted octanol–water partition coefficient (Wildman–Crippen LogP) is 3.33. The van der Waals surface area contributed by atoms with Crippen molar-refractivity contribution in [1.82, 2.24) is 5.43 Å². The first-order valence-electron chi connectivity index (χ1n) is 7.61. The summed E-state index contributed by atoms with van der Waals surface area (Å²) in [5.41, 5.74) is 4.49. The summed E-state index contributed by atoms with van der Waals surface area (Å²) >= 11 is 3.29. The van der Waals surface area contributed by atoms with Gasteiger partial charge in [0.05, 0.1) is 6.21 Å². The van der Waals surface area contributed by atoms with Gasteiger partial charge < -0.3 is 10.4 Å². The number of aryl methyl sites for hydroxylation is 1. The van der Waals surface area contributed by atoms with E-state index in [1.54, 1.807) is 12.1 Å². The number of phenols is 1. The molecule has 0 saturated carbocycles. The molecule has 0 heterocycles. The van der Waals surface area contributed by atoms with Crippen molar-refractivity contribution < 1.29 is 14.7 Å². The predicted molar refractivity (Wildman–Crippen MR) is 101 cm³/mol. The summed E-state index contributed by atoms with van der Waals surface area (Å²) in [7, 11) is 0. The third-order valence-electron chi connectivity index (χ3n) is 3.38. The van der Waals surface area contributed by atoms with Crippen molar-refractivity contribution in [2.45, 2.75) is 19.8 Å². The molecule has 2 amide bonds. The molecule has 0 atom stereocenters. The molecule has 0 spiro atoms. The second kappa shape index (κ2) is 8.98. The van der Waals surface area contributed by atoms with Crippen molar-refractivity contribution in [2.75, 3.05) is 5.32 Å². The normalized spacial score (nSPS) is 10.6. The Morgan fingerprint density at radius 2 is 1.88 bits per heavy atom.